The van der Waals surface area contributed by atoms with Gasteiger partial charge >= 0.3 is 0 Å². The van der Waals surface area contributed by atoms with E-state index in [-0.39, 0.29) is 6.04 Å². The minimum atomic E-state index is -0.626. The van der Waals surface area contributed by atoms with Gasteiger partial charge in [0.25, 0.3) is 0 Å². The predicted octanol–water partition coefficient (Wildman–Crippen LogP) is 3.38. The molecule has 1 unspecified atom stereocenters. The third-order valence-corrected chi connectivity index (χ3v) is 3.62. The summed E-state index contributed by atoms with van der Waals surface area (Å²) in [5.41, 5.74) is 7.15. The van der Waals surface area contributed by atoms with Crippen LogP contribution in [0.3, 0.4) is 0 Å². The van der Waals surface area contributed by atoms with Gasteiger partial charge in [-0.25, -0.2) is 8.78 Å². The summed E-state index contributed by atoms with van der Waals surface area (Å²) < 4.78 is 28.3. The number of hydrogen-bond acceptors (Lipinski definition) is 2. The summed E-state index contributed by atoms with van der Waals surface area (Å²) in [4.78, 5) is 0. The summed E-state index contributed by atoms with van der Waals surface area (Å²) >= 11 is 0. The van der Waals surface area contributed by atoms with Crippen LogP contribution in [0.1, 0.15) is 25.8 Å². The van der Waals surface area contributed by atoms with Crippen molar-refractivity contribution in [1.29, 1.82) is 0 Å². The first-order valence-corrected chi connectivity index (χ1v) is 6.35. The van der Waals surface area contributed by atoms with Gasteiger partial charge in [-0.1, -0.05) is 0 Å². The Bertz CT molecular complexity index is 597. The zero-order chi connectivity index (χ0) is 13.6. The fraction of sp³-hybridized carbons (Fsp3) is 0.357. The number of hydrogen-bond donors (Lipinski definition) is 1. The molecule has 1 saturated carbocycles. The van der Waals surface area contributed by atoms with Gasteiger partial charge in [0.05, 0.1) is 11.7 Å². The molecule has 1 aromatic carbocycles. The number of aromatic nitrogens is 2. The number of benzene rings is 1. The Morgan fingerprint density at radius 3 is 2.47 bits per heavy atom. The number of nitrogens with two attached hydrogens (primary N) is 1. The largest absolute Gasteiger partial charge is 0.396 e. The number of nitrogens with zero attached hydrogens (tertiary/aromatic N) is 2. The highest BCUT2D eigenvalue weighted by Gasteiger charge is 2.30. The van der Waals surface area contributed by atoms with Crippen LogP contribution in [0.2, 0.25) is 0 Å². The van der Waals surface area contributed by atoms with Crippen molar-refractivity contribution in [3.63, 3.8) is 0 Å². The number of halogens is 2. The van der Waals surface area contributed by atoms with E-state index in [9.17, 15) is 8.78 Å². The van der Waals surface area contributed by atoms with Gasteiger partial charge in [-0.05, 0) is 37.8 Å². The zero-order valence-corrected chi connectivity index (χ0v) is 10.6. The van der Waals surface area contributed by atoms with E-state index in [2.05, 4.69) is 12.0 Å². The van der Waals surface area contributed by atoms with E-state index in [1.165, 1.54) is 25.0 Å². The molecule has 3 rings (SSSR count). The number of anilines is 1. The van der Waals surface area contributed by atoms with Crippen LogP contribution >= 0.6 is 0 Å². The highest BCUT2D eigenvalue weighted by molar-refractivity contribution is 5.72. The molecule has 1 atom stereocenters. The Kier molecular flexibility index (Phi) is 2.77. The van der Waals surface area contributed by atoms with E-state index in [0.717, 1.165) is 6.07 Å². The second-order valence-corrected chi connectivity index (χ2v) is 5.15. The molecule has 1 heterocycles. The molecule has 0 bridgehead atoms. The van der Waals surface area contributed by atoms with E-state index in [0.29, 0.717) is 22.9 Å². The van der Waals surface area contributed by atoms with Gasteiger partial charge in [0.1, 0.15) is 17.3 Å². The molecule has 100 valence electrons. The first-order chi connectivity index (χ1) is 9.04. The van der Waals surface area contributed by atoms with E-state index >= 15 is 0 Å². The molecular weight excluding hydrogens is 248 g/mol. The van der Waals surface area contributed by atoms with Crippen molar-refractivity contribution in [2.75, 3.05) is 5.73 Å². The van der Waals surface area contributed by atoms with Crippen molar-refractivity contribution >= 4 is 5.69 Å². The molecule has 0 radical (unpaired) electrons. The summed E-state index contributed by atoms with van der Waals surface area (Å²) in [7, 11) is 0. The Hall–Kier alpha value is -1.91. The van der Waals surface area contributed by atoms with Crippen LogP contribution in [0.25, 0.3) is 11.3 Å². The lowest BCUT2D eigenvalue weighted by molar-refractivity contribution is 0.441. The standard InChI is InChI=1S/C14H15F2N3/c1-8(9-2-3-9)19-7-13(17)14(18-19)10-4-11(15)6-12(16)5-10/h4-9H,2-3,17H2,1H3. The van der Waals surface area contributed by atoms with Gasteiger partial charge in [0.2, 0.25) is 0 Å². The Morgan fingerprint density at radius 2 is 1.89 bits per heavy atom. The molecule has 2 aromatic rings. The molecule has 0 spiro atoms. The molecule has 2 N–H and O–H groups in total. The maximum atomic E-state index is 13.2. The second-order valence-electron chi connectivity index (χ2n) is 5.15. The molecule has 19 heavy (non-hydrogen) atoms. The normalized spacial score (nSPS) is 16.6. The molecule has 0 amide bonds. The SMILES string of the molecule is CC(C1CC1)n1cc(N)c(-c2cc(F)cc(F)c2)n1. The van der Waals surface area contributed by atoms with Gasteiger partial charge in [0.15, 0.2) is 0 Å². The zero-order valence-electron chi connectivity index (χ0n) is 10.6. The Balaban J connectivity index is 2.00. The number of rotatable bonds is 3. The third-order valence-electron chi connectivity index (χ3n) is 3.62. The van der Waals surface area contributed by atoms with Crippen molar-refractivity contribution in [2.45, 2.75) is 25.8 Å². The van der Waals surface area contributed by atoms with Crippen LogP contribution in [0.15, 0.2) is 24.4 Å². The van der Waals surface area contributed by atoms with E-state index in [4.69, 9.17) is 5.73 Å². The Morgan fingerprint density at radius 1 is 1.26 bits per heavy atom. The molecule has 1 fully saturated rings. The van der Waals surface area contributed by atoms with Crippen LogP contribution in [0.4, 0.5) is 14.5 Å². The molecule has 1 aromatic heterocycles. The van der Waals surface area contributed by atoms with Crippen molar-refractivity contribution in [1.82, 2.24) is 9.78 Å². The fourth-order valence-corrected chi connectivity index (χ4v) is 2.32. The Labute approximate surface area is 110 Å². The van der Waals surface area contributed by atoms with Crippen LogP contribution < -0.4 is 5.73 Å². The molecule has 5 heteroatoms. The van der Waals surface area contributed by atoms with E-state index in [1.807, 2.05) is 0 Å². The van der Waals surface area contributed by atoms with Gasteiger partial charge < -0.3 is 5.73 Å². The molecule has 3 nitrogen and oxygen atoms in total. The topological polar surface area (TPSA) is 43.8 Å². The van der Waals surface area contributed by atoms with Gasteiger partial charge in [-0.2, -0.15) is 5.10 Å². The molecule has 0 aliphatic heterocycles. The summed E-state index contributed by atoms with van der Waals surface area (Å²) in [6, 6.07) is 3.60. The summed E-state index contributed by atoms with van der Waals surface area (Å²) in [6.45, 7) is 2.08. The first-order valence-electron chi connectivity index (χ1n) is 6.35. The van der Waals surface area contributed by atoms with E-state index < -0.39 is 11.6 Å². The summed E-state index contributed by atoms with van der Waals surface area (Å²) in [5, 5.41) is 4.38. The first kappa shape index (κ1) is 12.1. The maximum Gasteiger partial charge on any atom is 0.126 e. The predicted molar refractivity (Wildman–Crippen MR) is 69.4 cm³/mol. The lowest BCUT2D eigenvalue weighted by atomic mass is 10.1. The van der Waals surface area contributed by atoms with Gasteiger partial charge in [-0.15, -0.1) is 0 Å². The molecular formula is C14H15F2N3. The minimum absolute atomic E-state index is 0.273. The van der Waals surface area contributed by atoms with Crippen molar-refractivity contribution in [3.05, 3.63) is 36.0 Å². The summed E-state index contributed by atoms with van der Waals surface area (Å²) in [5.74, 6) is -0.616. The monoisotopic (exact) mass is 263 g/mol. The van der Waals surface area contributed by atoms with Crippen LogP contribution in [0, 0.1) is 17.6 Å². The van der Waals surface area contributed by atoms with Crippen molar-refractivity contribution in [2.24, 2.45) is 5.92 Å². The molecule has 0 saturated heterocycles. The highest BCUT2D eigenvalue weighted by Crippen LogP contribution is 2.40. The van der Waals surface area contributed by atoms with Gasteiger partial charge in [0, 0.05) is 17.8 Å². The molecule has 1 aliphatic rings. The van der Waals surface area contributed by atoms with Gasteiger partial charge in [-0.3, -0.25) is 4.68 Å². The van der Waals surface area contributed by atoms with Crippen molar-refractivity contribution in [3.8, 4) is 11.3 Å². The summed E-state index contributed by atoms with van der Waals surface area (Å²) in [6.07, 6.45) is 4.14. The second kappa shape index (κ2) is 4.33. The average molecular weight is 263 g/mol. The smallest absolute Gasteiger partial charge is 0.126 e. The van der Waals surface area contributed by atoms with Crippen LogP contribution in [-0.2, 0) is 0 Å². The maximum absolute atomic E-state index is 13.2. The van der Waals surface area contributed by atoms with E-state index in [1.54, 1.807) is 10.9 Å². The van der Waals surface area contributed by atoms with Crippen molar-refractivity contribution < 1.29 is 8.78 Å². The van der Waals surface area contributed by atoms with Crippen LogP contribution in [0.5, 0.6) is 0 Å². The number of nitrogen functional groups attached to an aromatic ring is 1. The van der Waals surface area contributed by atoms with Crippen LogP contribution in [-0.4, -0.2) is 9.78 Å². The molecule has 1 aliphatic carbocycles. The third kappa shape index (κ3) is 2.32. The quantitative estimate of drug-likeness (QED) is 0.922. The lowest BCUT2D eigenvalue weighted by Crippen LogP contribution is -2.07. The lowest BCUT2D eigenvalue weighted by Gasteiger charge is -2.09. The fourth-order valence-electron chi connectivity index (χ4n) is 2.32. The minimum Gasteiger partial charge on any atom is -0.396 e. The highest BCUT2D eigenvalue weighted by atomic mass is 19.1. The average Bonchev–Trinajstić information content (AvgIpc) is 3.10.